The number of nitrogens with zero attached hydrogens (tertiary/aromatic N) is 1. The predicted molar refractivity (Wildman–Crippen MR) is 63.6 cm³/mol. The zero-order valence-electron chi connectivity index (χ0n) is 9.45. The van der Waals surface area contributed by atoms with Gasteiger partial charge in [-0.05, 0) is 48.8 Å². The number of aryl methyl sites for hydroxylation is 1. The summed E-state index contributed by atoms with van der Waals surface area (Å²) >= 11 is 3.30. The van der Waals surface area contributed by atoms with Crippen LogP contribution in [-0.2, 0) is 4.79 Å². The Hall–Kier alpha value is -1.10. The van der Waals surface area contributed by atoms with Crippen molar-refractivity contribution in [2.45, 2.75) is 20.8 Å². The molecular formula is C11H14BrNO3. The van der Waals surface area contributed by atoms with E-state index < -0.39 is 11.4 Å². The van der Waals surface area contributed by atoms with Gasteiger partial charge in [-0.25, -0.2) is 4.98 Å². The van der Waals surface area contributed by atoms with Crippen molar-refractivity contribution in [1.82, 2.24) is 4.98 Å². The molecule has 1 aromatic rings. The van der Waals surface area contributed by atoms with Gasteiger partial charge in [-0.15, -0.1) is 0 Å². The van der Waals surface area contributed by atoms with Crippen LogP contribution in [0.5, 0.6) is 5.88 Å². The van der Waals surface area contributed by atoms with Gasteiger partial charge in [0.2, 0.25) is 5.88 Å². The van der Waals surface area contributed by atoms with E-state index in [1.807, 2.05) is 19.1 Å². The highest BCUT2D eigenvalue weighted by Gasteiger charge is 2.28. The molecule has 16 heavy (non-hydrogen) atoms. The largest absolute Gasteiger partial charge is 0.481 e. The molecule has 0 atom stereocenters. The molecule has 0 amide bonds. The van der Waals surface area contributed by atoms with Gasteiger partial charge in [-0.3, -0.25) is 4.79 Å². The molecule has 1 aromatic heterocycles. The van der Waals surface area contributed by atoms with Crippen molar-refractivity contribution in [2.75, 3.05) is 6.61 Å². The maximum Gasteiger partial charge on any atom is 0.312 e. The fourth-order valence-corrected chi connectivity index (χ4v) is 1.26. The summed E-state index contributed by atoms with van der Waals surface area (Å²) in [5.41, 5.74) is -0.100. The molecule has 5 heteroatoms. The summed E-state index contributed by atoms with van der Waals surface area (Å²) in [6.45, 7) is 5.15. The van der Waals surface area contributed by atoms with Crippen molar-refractivity contribution in [3.8, 4) is 5.88 Å². The second-order valence-corrected chi connectivity index (χ2v) is 5.07. The number of ether oxygens (including phenoxy) is 1. The lowest BCUT2D eigenvalue weighted by molar-refractivity contribution is -0.148. The summed E-state index contributed by atoms with van der Waals surface area (Å²) in [6, 6.07) is 3.67. The van der Waals surface area contributed by atoms with Crippen LogP contribution in [0.3, 0.4) is 0 Å². The molecule has 0 aliphatic heterocycles. The first-order valence-corrected chi connectivity index (χ1v) is 5.61. The quantitative estimate of drug-likeness (QED) is 0.925. The Morgan fingerprint density at radius 3 is 2.75 bits per heavy atom. The molecular weight excluding hydrogens is 274 g/mol. The van der Waals surface area contributed by atoms with Crippen LogP contribution in [0, 0.1) is 12.3 Å². The topological polar surface area (TPSA) is 59.4 Å². The third-order valence-electron chi connectivity index (χ3n) is 2.10. The molecule has 0 fully saturated rings. The lowest BCUT2D eigenvalue weighted by atomic mass is 9.95. The molecule has 0 aliphatic rings. The zero-order valence-corrected chi connectivity index (χ0v) is 11.0. The van der Waals surface area contributed by atoms with Crippen LogP contribution in [0.1, 0.15) is 19.5 Å². The average Bonchev–Trinajstić information content (AvgIpc) is 2.19. The van der Waals surface area contributed by atoms with E-state index in [4.69, 9.17) is 9.84 Å². The molecule has 88 valence electrons. The van der Waals surface area contributed by atoms with Crippen LogP contribution < -0.4 is 4.74 Å². The number of hydrogen-bond acceptors (Lipinski definition) is 3. The number of pyridine rings is 1. The number of carboxylic acids is 1. The molecule has 0 unspecified atom stereocenters. The van der Waals surface area contributed by atoms with Gasteiger partial charge in [-0.2, -0.15) is 0 Å². The van der Waals surface area contributed by atoms with E-state index in [2.05, 4.69) is 20.9 Å². The molecule has 4 nitrogen and oxygen atoms in total. The Morgan fingerprint density at radius 2 is 2.19 bits per heavy atom. The molecule has 0 saturated carbocycles. The number of hydrogen-bond donors (Lipinski definition) is 1. The molecule has 1 heterocycles. The predicted octanol–water partition coefficient (Wildman–Crippen LogP) is 2.64. The number of rotatable bonds is 4. The van der Waals surface area contributed by atoms with Crippen LogP contribution in [0.4, 0.5) is 0 Å². The SMILES string of the molecule is Cc1ccc(Br)c(OCC(C)(C)C(=O)O)n1. The Morgan fingerprint density at radius 1 is 1.56 bits per heavy atom. The fourth-order valence-electron chi connectivity index (χ4n) is 0.928. The Balaban J connectivity index is 2.75. The standard InChI is InChI=1S/C11H14BrNO3/c1-7-4-5-8(12)9(13-7)16-6-11(2,3)10(14)15/h4-5H,6H2,1-3H3,(H,14,15). The summed E-state index contributed by atoms with van der Waals surface area (Å²) < 4.78 is 6.13. The number of carbonyl (C=O) groups is 1. The molecule has 0 aliphatic carbocycles. The molecule has 0 aromatic carbocycles. The van der Waals surface area contributed by atoms with E-state index in [9.17, 15) is 4.79 Å². The van der Waals surface area contributed by atoms with E-state index in [0.29, 0.717) is 5.88 Å². The first-order valence-electron chi connectivity index (χ1n) is 4.82. The fraction of sp³-hybridized carbons (Fsp3) is 0.455. The van der Waals surface area contributed by atoms with Crippen LogP contribution in [-0.4, -0.2) is 22.7 Å². The minimum Gasteiger partial charge on any atom is -0.481 e. The maximum atomic E-state index is 10.9. The van der Waals surface area contributed by atoms with Gasteiger partial charge >= 0.3 is 5.97 Å². The van der Waals surface area contributed by atoms with Crippen molar-refractivity contribution in [3.05, 3.63) is 22.3 Å². The molecule has 0 bridgehead atoms. The van der Waals surface area contributed by atoms with E-state index >= 15 is 0 Å². The first kappa shape index (κ1) is 13.0. The van der Waals surface area contributed by atoms with Crippen LogP contribution in [0.2, 0.25) is 0 Å². The minimum atomic E-state index is -0.926. The van der Waals surface area contributed by atoms with Crippen LogP contribution >= 0.6 is 15.9 Å². The van der Waals surface area contributed by atoms with Gasteiger partial charge in [0.1, 0.15) is 6.61 Å². The third-order valence-corrected chi connectivity index (χ3v) is 2.71. The van der Waals surface area contributed by atoms with Gasteiger partial charge in [0, 0.05) is 5.69 Å². The Bertz CT molecular complexity index is 404. The van der Waals surface area contributed by atoms with Gasteiger partial charge < -0.3 is 9.84 Å². The summed E-state index contributed by atoms with van der Waals surface area (Å²) in [5.74, 6) is -0.467. The summed E-state index contributed by atoms with van der Waals surface area (Å²) in [6.07, 6.45) is 0. The number of halogens is 1. The first-order chi connectivity index (χ1) is 7.33. The monoisotopic (exact) mass is 287 g/mol. The summed E-state index contributed by atoms with van der Waals surface area (Å²) in [4.78, 5) is 15.1. The molecule has 0 spiro atoms. The van der Waals surface area contributed by atoms with E-state index in [1.54, 1.807) is 13.8 Å². The number of aliphatic carboxylic acids is 1. The van der Waals surface area contributed by atoms with Crippen molar-refractivity contribution < 1.29 is 14.6 Å². The van der Waals surface area contributed by atoms with Crippen molar-refractivity contribution in [2.24, 2.45) is 5.41 Å². The van der Waals surface area contributed by atoms with Gasteiger partial charge in [-0.1, -0.05) is 0 Å². The van der Waals surface area contributed by atoms with Crippen LogP contribution in [0.25, 0.3) is 0 Å². The molecule has 0 saturated heterocycles. The van der Waals surface area contributed by atoms with Crippen molar-refractivity contribution in [3.63, 3.8) is 0 Å². The summed E-state index contributed by atoms with van der Waals surface area (Å²) in [7, 11) is 0. The van der Waals surface area contributed by atoms with Gasteiger partial charge in [0.15, 0.2) is 0 Å². The highest BCUT2D eigenvalue weighted by atomic mass is 79.9. The highest BCUT2D eigenvalue weighted by molar-refractivity contribution is 9.10. The van der Waals surface area contributed by atoms with E-state index in [-0.39, 0.29) is 6.61 Å². The summed E-state index contributed by atoms with van der Waals surface area (Å²) in [5, 5.41) is 8.93. The number of carboxylic acid groups (broad SMARTS) is 1. The van der Waals surface area contributed by atoms with Crippen LogP contribution in [0.15, 0.2) is 16.6 Å². The Kier molecular flexibility index (Phi) is 3.91. The highest BCUT2D eigenvalue weighted by Crippen LogP contribution is 2.25. The zero-order chi connectivity index (χ0) is 12.3. The minimum absolute atomic E-state index is 0.0807. The average molecular weight is 288 g/mol. The van der Waals surface area contributed by atoms with Crippen molar-refractivity contribution >= 4 is 21.9 Å². The van der Waals surface area contributed by atoms with E-state index in [0.717, 1.165) is 10.2 Å². The second-order valence-electron chi connectivity index (χ2n) is 4.22. The lowest BCUT2D eigenvalue weighted by Crippen LogP contribution is -2.30. The van der Waals surface area contributed by atoms with Gasteiger partial charge in [0.25, 0.3) is 0 Å². The molecule has 1 N–H and O–H groups in total. The van der Waals surface area contributed by atoms with E-state index in [1.165, 1.54) is 0 Å². The number of aromatic nitrogens is 1. The van der Waals surface area contributed by atoms with Gasteiger partial charge in [0.05, 0.1) is 9.89 Å². The van der Waals surface area contributed by atoms with Crippen molar-refractivity contribution in [1.29, 1.82) is 0 Å². The third kappa shape index (κ3) is 3.20. The second kappa shape index (κ2) is 4.82. The Labute approximate surface area is 103 Å². The maximum absolute atomic E-state index is 10.9. The normalized spacial score (nSPS) is 11.2. The smallest absolute Gasteiger partial charge is 0.312 e. The lowest BCUT2D eigenvalue weighted by Gasteiger charge is -2.19. The molecule has 1 rings (SSSR count). The molecule has 0 radical (unpaired) electrons.